The molecule has 1 fully saturated rings. The second-order valence-corrected chi connectivity index (χ2v) is 6.92. The Bertz CT molecular complexity index is 729. The SMILES string of the molecule is Cc1nnc(SCC(=O)N2CCN(c3cccc(Cl)c3)CC2)n1N. The van der Waals surface area contributed by atoms with E-state index in [4.69, 9.17) is 17.4 Å². The van der Waals surface area contributed by atoms with Crippen LogP contribution in [0.15, 0.2) is 29.4 Å². The Hall–Kier alpha value is -1.93. The van der Waals surface area contributed by atoms with Crippen LogP contribution in [-0.4, -0.2) is 57.6 Å². The first-order chi connectivity index (χ1) is 11.5. The normalized spacial score (nSPS) is 14.9. The maximum Gasteiger partial charge on any atom is 0.233 e. The average Bonchev–Trinajstić information content (AvgIpc) is 2.92. The first-order valence-corrected chi connectivity index (χ1v) is 8.99. The van der Waals surface area contributed by atoms with E-state index in [0.29, 0.717) is 29.8 Å². The van der Waals surface area contributed by atoms with Gasteiger partial charge < -0.3 is 15.6 Å². The van der Waals surface area contributed by atoms with Crippen molar-refractivity contribution in [3.63, 3.8) is 0 Å². The zero-order valence-electron chi connectivity index (χ0n) is 13.4. The number of amides is 1. The minimum Gasteiger partial charge on any atom is -0.368 e. The highest BCUT2D eigenvalue weighted by Crippen LogP contribution is 2.21. The van der Waals surface area contributed by atoms with Gasteiger partial charge in [0.1, 0.15) is 5.82 Å². The summed E-state index contributed by atoms with van der Waals surface area (Å²) in [5.74, 6) is 6.82. The smallest absolute Gasteiger partial charge is 0.233 e. The van der Waals surface area contributed by atoms with Crippen LogP contribution in [0.3, 0.4) is 0 Å². The van der Waals surface area contributed by atoms with Crippen molar-refractivity contribution in [1.29, 1.82) is 0 Å². The second kappa shape index (κ2) is 7.31. The number of nitrogens with two attached hydrogens (primary N) is 1. The van der Waals surface area contributed by atoms with Gasteiger partial charge in [-0.05, 0) is 25.1 Å². The van der Waals surface area contributed by atoms with Crippen LogP contribution in [0.1, 0.15) is 5.82 Å². The van der Waals surface area contributed by atoms with Gasteiger partial charge in [0.15, 0.2) is 0 Å². The summed E-state index contributed by atoms with van der Waals surface area (Å²) in [6.07, 6.45) is 0. The minimum atomic E-state index is 0.0893. The van der Waals surface area contributed by atoms with Gasteiger partial charge in [-0.1, -0.05) is 29.4 Å². The Morgan fingerprint density at radius 3 is 2.67 bits per heavy atom. The molecule has 1 aromatic carbocycles. The predicted molar refractivity (Wildman–Crippen MR) is 95.9 cm³/mol. The number of benzene rings is 1. The highest BCUT2D eigenvalue weighted by Gasteiger charge is 2.22. The van der Waals surface area contributed by atoms with E-state index in [2.05, 4.69) is 15.1 Å². The van der Waals surface area contributed by atoms with Gasteiger partial charge in [-0.15, -0.1) is 10.2 Å². The van der Waals surface area contributed by atoms with Crippen molar-refractivity contribution in [3.05, 3.63) is 35.1 Å². The molecule has 0 spiro atoms. The largest absolute Gasteiger partial charge is 0.368 e. The maximum atomic E-state index is 12.4. The van der Waals surface area contributed by atoms with E-state index in [1.54, 1.807) is 6.92 Å². The Balaban J connectivity index is 1.51. The standard InChI is InChI=1S/C15H19ClN6OS/c1-11-18-19-15(22(11)17)24-10-14(23)21-7-5-20(6-8-21)13-4-2-3-12(16)9-13/h2-4,9H,5-8,10,17H2,1H3. The van der Waals surface area contributed by atoms with E-state index in [0.717, 1.165) is 23.8 Å². The van der Waals surface area contributed by atoms with Gasteiger partial charge in [0.05, 0.1) is 5.75 Å². The molecule has 0 saturated carbocycles. The van der Waals surface area contributed by atoms with Crippen molar-refractivity contribution in [2.24, 2.45) is 0 Å². The van der Waals surface area contributed by atoms with Crippen molar-refractivity contribution in [2.75, 3.05) is 42.7 Å². The quantitative estimate of drug-likeness (QED) is 0.650. The van der Waals surface area contributed by atoms with E-state index in [1.807, 2.05) is 29.2 Å². The number of halogens is 1. The van der Waals surface area contributed by atoms with Gasteiger partial charge in [0, 0.05) is 36.9 Å². The summed E-state index contributed by atoms with van der Waals surface area (Å²) in [5.41, 5.74) is 1.09. The number of thioether (sulfide) groups is 1. The van der Waals surface area contributed by atoms with Crippen molar-refractivity contribution >= 4 is 35.0 Å². The predicted octanol–water partition coefficient (Wildman–Crippen LogP) is 1.39. The minimum absolute atomic E-state index is 0.0893. The van der Waals surface area contributed by atoms with Crippen molar-refractivity contribution in [1.82, 2.24) is 19.8 Å². The number of carbonyl (C=O) groups is 1. The van der Waals surface area contributed by atoms with Crippen LogP contribution in [0.5, 0.6) is 0 Å². The van der Waals surface area contributed by atoms with Crippen LogP contribution in [0, 0.1) is 6.92 Å². The Labute approximate surface area is 149 Å². The molecule has 1 aromatic heterocycles. The molecule has 24 heavy (non-hydrogen) atoms. The molecule has 2 heterocycles. The molecule has 0 bridgehead atoms. The summed E-state index contributed by atoms with van der Waals surface area (Å²) in [5, 5.41) is 9.11. The molecule has 0 radical (unpaired) electrons. The molecule has 7 nitrogen and oxygen atoms in total. The molecular formula is C15H19ClN6OS. The first kappa shape index (κ1) is 16.9. The number of nitrogen functional groups attached to an aromatic ring is 1. The van der Waals surface area contributed by atoms with E-state index in [-0.39, 0.29) is 5.91 Å². The fourth-order valence-corrected chi connectivity index (χ4v) is 3.54. The van der Waals surface area contributed by atoms with E-state index >= 15 is 0 Å². The number of anilines is 1. The molecule has 3 rings (SSSR count). The number of aryl methyl sites for hydroxylation is 1. The highest BCUT2D eigenvalue weighted by atomic mass is 35.5. The summed E-state index contributed by atoms with van der Waals surface area (Å²) in [6.45, 7) is 4.75. The topological polar surface area (TPSA) is 80.3 Å². The number of piperazine rings is 1. The lowest BCUT2D eigenvalue weighted by Crippen LogP contribution is -2.49. The summed E-state index contributed by atoms with van der Waals surface area (Å²) in [4.78, 5) is 16.5. The third kappa shape index (κ3) is 3.76. The Kier molecular flexibility index (Phi) is 5.15. The molecule has 1 aliphatic heterocycles. The number of aromatic nitrogens is 3. The number of rotatable bonds is 4. The maximum absolute atomic E-state index is 12.4. The van der Waals surface area contributed by atoms with Gasteiger partial charge in [0.2, 0.25) is 11.1 Å². The van der Waals surface area contributed by atoms with Gasteiger partial charge in [-0.2, -0.15) is 0 Å². The summed E-state index contributed by atoms with van der Waals surface area (Å²) in [6, 6.07) is 7.79. The fourth-order valence-electron chi connectivity index (χ4n) is 2.55. The lowest BCUT2D eigenvalue weighted by molar-refractivity contribution is -0.128. The van der Waals surface area contributed by atoms with Crippen LogP contribution < -0.4 is 10.7 Å². The van der Waals surface area contributed by atoms with Crippen LogP contribution in [0.4, 0.5) is 5.69 Å². The van der Waals surface area contributed by atoms with Crippen molar-refractivity contribution < 1.29 is 4.79 Å². The highest BCUT2D eigenvalue weighted by molar-refractivity contribution is 7.99. The lowest BCUT2D eigenvalue weighted by atomic mass is 10.2. The average molecular weight is 367 g/mol. The molecule has 0 atom stereocenters. The Morgan fingerprint density at radius 2 is 2.04 bits per heavy atom. The first-order valence-electron chi connectivity index (χ1n) is 7.63. The molecule has 9 heteroatoms. The van der Waals surface area contributed by atoms with Crippen molar-refractivity contribution in [2.45, 2.75) is 12.1 Å². The number of hydrogen-bond donors (Lipinski definition) is 1. The molecule has 1 amide bonds. The van der Waals surface area contributed by atoms with E-state index in [1.165, 1.54) is 16.4 Å². The van der Waals surface area contributed by atoms with E-state index < -0.39 is 0 Å². The molecular weight excluding hydrogens is 348 g/mol. The van der Waals surface area contributed by atoms with Crippen molar-refractivity contribution in [3.8, 4) is 0 Å². The molecule has 1 aliphatic rings. The number of nitrogens with zero attached hydrogens (tertiary/aromatic N) is 5. The Morgan fingerprint density at radius 1 is 1.29 bits per heavy atom. The molecule has 2 aromatic rings. The van der Waals surface area contributed by atoms with Gasteiger partial charge >= 0.3 is 0 Å². The fraction of sp³-hybridized carbons (Fsp3) is 0.400. The third-order valence-corrected chi connectivity index (χ3v) is 5.13. The van der Waals surface area contributed by atoms with Crippen LogP contribution >= 0.6 is 23.4 Å². The monoisotopic (exact) mass is 366 g/mol. The number of hydrogen-bond acceptors (Lipinski definition) is 6. The summed E-state index contributed by atoms with van der Waals surface area (Å²) < 4.78 is 1.40. The van der Waals surface area contributed by atoms with Gasteiger partial charge in [-0.25, -0.2) is 4.68 Å². The molecule has 0 unspecified atom stereocenters. The molecule has 1 saturated heterocycles. The summed E-state index contributed by atoms with van der Waals surface area (Å²) in [7, 11) is 0. The zero-order valence-corrected chi connectivity index (χ0v) is 14.9. The van der Waals surface area contributed by atoms with E-state index in [9.17, 15) is 4.79 Å². The van der Waals surface area contributed by atoms with Crippen LogP contribution in [0.25, 0.3) is 0 Å². The summed E-state index contributed by atoms with van der Waals surface area (Å²) >= 11 is 7.35. The second-order valence-electron chi connectivity index (χ2n) is 5.54. The van der Waals surface area contributed by atoms with Gasteiger partial charge in [-0.3, -0.25) is 4.79 Å². The van der Waals surface area contributed by atoms with Crippen LogP contribution in [-0.2, 0) is 4.79 Å². The molecule has 0 aliphatic carbocycles. The number of carbonyl (C=O) groups excluding carboxylic acids is 1. The zero-order chi connectivity index (χ0) is 17.1. The van der Waals surface area contributed by atoms with Crippen LogP contribution in [0.2, 0.25) is 5.02 Å². The van der Waals surface area contributed by atoms with Gasteiger partial charge in [0.25, 0.3) is 0 Å². The molecule has 2 N–H and O–H groups in total. The lowest BCUT2D eigenvalue weighted by Gasteiger charge is -2.36. The third-order valence-electron chi connectivity index (χ3n) is 3.97. The molecule has 128 valence electrons.